The van der Waals surface area contributed by atoms with E-state index in [-0.39, 0.29) is 17.8 Å². The van der Waals surface area contributed by atoms with Crippen LogP contribution in [0.3, 0.4) is 0 Å². The Labute approximate surface area is 91.4 Å². The van der Waals surface area contributed by atoms with Crippen LogP contribution in [0.25, 0.3) is 0 Å². The van der Waals surface area contributed by atoms with Crippen molar-refractivity contribution < 1.29 is 8.78 Å². The SMILES string of the molecule is CC(C)C1CCC2C(C1C(C)C)C2(F)F. The molecule has 0 bridgehead atoms. The van der Waals surface area contributed by atoms with Crippen molar-refractivity contribution in [2.24, 2.45) is 35.5 Å². The molecule has 2 rings (SSSR count). The number of rotatable bonds is 2. The molecule has 0 nitrogen and oxygen atoms in total. The molecule has 15 heavy (non-hydrogen) atoms. The average molecular weight is 216 g/mol. The Balaban J connectivity index is 2.18. The van der Waals surface area contributed by atoms with E-state index in [0.29, 0.717) is 17.8 Å². The molecule has 0 spiro atoms. The van der Waals surface area contributed by atoms with Gasteiger partial charge in [0, 0.05) is 11.8 Å². The molecular formula is C13H22F2. The van der Waals surface area contributed by atoms with E-state index in [1.165, 1.54) is 0 Å². The Kier molecular flexibility index (Phi) is 2.59. The molecule has 2 aliphatic carbocycles. The van der Waals surface area contributed by atoms with Gasteiger partial charge in [-0.15, -0.1) is 0 Å². The second-order valence-electron chi connectivity index (χ2n) is 6.11. The molecule has 0 aromatic rings. The maximum Gasteiger partial charge on any atom is 0.254 e. The fourth-order valence-corrected chi connectivity index (χ4v) is 3.83. The molecule has 0 saturated heterocycles. The molecule has 0 aromatic carbocycles. The Morgan fingerprint density at radius 3 is 2.07 bits per heavy atom. The first kappa shape index (κ1) is 11.3. The van der Waals surface area contributed by atoms with Gasteiger partial charge in [-0.3, -0.25) is 0 Å². The minimum atomic E-state index is -2.33. The summed E-state index contributed by atoms with van der Waals surface area (Å²) in [5.74, 6) is -1.19. The zero-order valence-corrected chi connectivity index (χ0v) is 10.1. The third kappa shape index (κ3) is 1.60. The predicted molar refractivity (Wildman–Crippen MR) is 57.8 cm³/mol. The van der Waals surface area contributed by atoms with Crippen molar-refractivity contribution in [3.05, 3.63) is 0 Å². The highest BCUT2D eigenvalue weighted by atomic mass is 19.3. The molecule has 2 fully saturated rings. The number of alkyl halides is 2. The molecule has 2 aliphatic rings. The monoisotopic (exact) mass is 216 g/mol. The van der Waals surface area contributed by atoms with Gasteiger partial charge in [0.05, 0.1) is 0 Å². The lowest BCUT2D eigenvalue weighted by Gasteiger charge is -2.36. The number of hydrogen-bond donors (Lipinski definition) is 0. The molecule has 0 amide bonds. The van der Waals surface area contributed by atoms with Gasteiger partial charge in [0.25, 0.3) is 5.92 Å². The van der Waals surface area contributed by atoms with Crippen LogP contribution in [0, 0.1) is 35.5 Å². The number of hydrogen-bond acceptors (Lipinski definition) is 0. The van der Waals surface area contributed by atoms with Gasteiger partial charge in [0.1, 0.15) is 0 Å². The highest BCUT2D eigenvalue weighted by Gasteiger charge is 2.72. The molecule has 2 heteroatoms. The molecular weight excluding hydrogens is 194 g/mol. The van der Waals surface area contributed by atoms with Crippen LogP contribution in [0.4, 0.5) is 8.78 Å². The highest BCUT2D eigenvalue weighted by Crippen LogP contribution is 2.67. The van der Waals surface area contributed by atoms with Gasteiger partial charge in [0.2, 0.25) is 0 Å². The quantitative estimate of drug-likeness (QED) is 0.648. The minimum absolute atomic E-state index is 0.249. The lowest BCUT2D eigenvalue weighted by Crippen LogP contribution is -2.30. The standard InChI is InChI=1S/C13H22F2/c1-7(2)9-5-6-10-12(13(10,14)15)11(9)8(3)4/h7-12H,5-6H2,1-4H3. The van der Waals surface area contributed by atoms with Crippen molar-refractivity contribution in [2.45, 2.75) is 46.5 Å². The summed E-state index contributed by atoms with van der Waals surface area (Å²) in [5, 5.41) is 0. The van der Waals surface area contributed by atoms with E-state index >= 15 is 0 Å². The molecule has 88 valence electrons. The van der Waals surface area contributed by atoms with Crippen molar-refractivity contribution in [1.29, 1.82) is 0 Å². The second-order valence-corrected chi connectivity index (χ2v) is 6.11. The van der Waals surface area contributed by atoms with Gasteiger partial charge in [0.15, 0.2) is 0 Å². The summed E-state index contributed by atoms with van der Waals surface area (Å²) in [6.07, 6.45) is 1.76. The Hall–Kier alpha value is -0.140. The van der Waals surface area contributed by atoms with Crippen LogP contribution >= 0.6 is 0 Å². The van der Waals surface area contributed by atoms with Crippen LogP contribution in [0.15, 0.2) is 0 Å². The van der Waals surface area contributed by atoms with Gasteiger partial charge >= 0.3 is 0 Å². The van der Waals surface area contributed by atoms with E-state index in [1.54, 1.807) is 0 Å². The maximum atomic E-state index is 13.5. The van der Waals surface area contributed by atoms with Crippen LogP contribution in [0.1, 0.15) is 40.5 Å². The summed E-state index contributed by atoms with van der Waals surface area (Å²) in [6.45, 7) is 8.58. The summed E-state index contributed by atoms with van der Waals surface area (Å²) in [5.41, 5.74) is 0. The van der Waals surface area contributed by atoms with Crippen molar-refractivity contribution in [3.8, 4) is 0 Å². The molecule has 2 saturated carbocycles. The number of fused-ring (bicyclic) bond motifs is 1. The lowest BCUT2D eigenvalue weighted by molar-refractivity contribution is 0.0560. The first-order valence-corrected chi connectivity index (χ1v) is 6.25. The lowest BCUT2D eigenvalue weighted by atomic mass is 9.69. The van der Waals surface area contributed by atoms with Gasteiger partial charge in [-0.05, 0) is 36.5 Å². The van der Waals surface area contributed by atoms with E-state index in [1.807, 2.05) is 0 Å². The third-order valence-electron chi connectivity index (χ3n) is 4.61. The van der Waals surface area contributed by atoms with E-state index in [9.17, 15) is 8.78 Å². The molecule has 0 radical (unpaired) electrons. The van der Waals surface area contributed by atoms with E-state index < -0.39 is 5.92 Å². The van der Waals surface area contributed by atoms with E-state index in [4.69, 9.17) is 0 Å². The molecule has 0 aromatic heterocycles. The summed E-state index contributed by atoms with van der Waals surface area (Å²) in [7, 11) is 0. The topological polar surface area (TPSA) is 0 Å². The Morgan fingerprint density at radius 2 is 1.60 bits per heavy atom. The van der Waals surface area contributed by atoms with Crippen molar-refractivity contribution >= 4 is 0 Å². The van der Waals surface area contributed by atoms with Gasteiger partial charge < -0.3 is 0 Å². The summed E-state index contributed by atoms with van der Waals surface area (Å²) >= 11 is 0. The van der Waals surface area contributed by atoms with E-state index in [2.05, 4.69) is 27.7 Å². The Morgan fingerprint density at radius 1 is 1.00 bits per heavy atom. The first-order chi connectivity index (χ1) is 6.87. The fourth-order valence-electron chi connectivity index (χ4n) is 3.83. The maximum absolute atomic E-state index is 13.5. The van der Waals surface area contributed by atoms with Crippen LogP contribution in [-0.2, 0) is 0 Å². The minimum Gasteiger partial charge on any atom is -0.206 e. The summed E-state index contributed by atoms with van der Waals surface area (Å²) in [4.78, 5) is 0. The smallest absolute Gasteiger partial charge is 0.206 e. The summed E-state index contributed by atoms with van der Waals surface area (Å²) < 4.78 is 27.1. The summed E-state index contributed by atoms with van der Waals surface area (Å²) in [6, 6.07) is 0. The fraction of sp³-hybridized carbons (Fsp3) is 1.00. The molecule has 4 atom stereocenters. The van der Waals surface area contributed by atoms with Gasteiger partial charge in [-0.2, -0.15) is 0 Å². The highest BCUT2D eigenvalue weighted by molar-refractivity contribution is 5.12. The largest absolute Gasteiger partial charge is 0.254 e. The Bertz CT molecular complexity index is 243. The first-order valence-electron chi connectivity index (χ1n) is 6.25. The number of halogens is 2. The third-order valence-corrected chi connectivity index (χ3v) is 4.61. The normalized spacial score (nSPS) is 43.2. The van der Waals surface area contributed by atoms with Crippen LogP contribution < -0.4 is 0 Å². The van der Waals surface area contributed by atoms with Gasteiger partial charge in [-0.1, -0.05) is 27.7 Å². The molecule has 0 N–H and O–H groups in total. The molecule has 4 unspecified atom stereocenters. The van der Waals surface area contributed by atoms with Crippen LogP contribution in [0.2, 0.25) is 0 Å². The van der Waals surface area contributed by atoms with Crippen molar-refractivity contribution in [2.75, 3.05) is 0 Å². The predicted octanol–water partition coefficient (Wildman–Crippen LogP) is 4.21. The molecule has 0 heterocycles. The van der Waals surface area contributed by atoms with Crippen molar-refractivity contribution in [1.82, 2.24) is 0 Å². The zero-order valence-electron chi connectivity index (χ0n) is 10.1. The van der Waals surface area contributed by atoms with E-state index in [0.717, 1.165) is 12.8 Å². The molecule has 0 aliphatic heterocycles. The van der Waals surface area contributed by atoms with Crippen molar-refractivity contribution in [3.63, 3.8) is 0 Å². The van der Waals surface area contributed by atoms with Gasteiger partial charge in [-0.25, -0.2) is 8.78 Å². The average Bonchev–Trinajstić information content (AvgIpc) is 2.68. The zero-order chi connectivity index (χ0) is 11.4. The van der Waals surface area contributed by atoms with Crippen LogP contribution in [0.5, 0.6) is 0 Å². The second kappa shape index (κ2) is 3.43. The van der Waals surface area contributed by atoms with Crippen LogP contribution in [-0.4, -0.2) is 5.92 Å².